The van der Waals surface area contributed by atoms with E-state index in [0.717, 1.165) is 22.4 Å². The standard InChI is InChI=1S/C13H11FN2/c14-8-3-4-10-11(6-8)12(7-15)9-2-1-5-16-13(9)10/h1-6,12H,7,15H2. The molecular formula is C13H11FN2. The molecule has 0 fully saturated rings. The Bertz CT molecular complexity index is 551. The molecule has 2 aromatic rings. The van der Waals surface area contributed by atoms with Crippen LogP contribution in [0.4, 0.5) is 4.39 Å². The summed E-state index contributed by atoms with van der Waals surface area (Å²) in [4.78, 5) is 4.35. The van der Waals surface area contributed by atoms with Crippen LogP contribution in [0, 0.1) is 5.82 Å². The van der Waals surface area contributed by atoms with Crippen molar-refractivity contribution in [2.45, 2.75) is 5.92 Å². The van der Waals surface area contributed by atoms with Crippen molar-refractivity contribution in [3.8, 4) is 11.3 Å². The minimum Gasteiger partial charge on any atom is -0.330 e. The monoisotopic (exact) mass is 214 g/mol. The first-order valence-electron chi connectivity index (χ1n) is 5.26. The van der Waals surface area contributed by atoms with E-state index in [1.807, 2.05) is 12.1 Å². The molecule has 0 saturated heterocycles. The molecule has 1 unspecified atom stereocenters. The van der Waals surface area contributed by atoms with E-state index in [9.17, 15) is 4.39 Å². The number of nitrogens with zero attached hydrogens (tertiary/aromatic N) is 1. The van der Waals surface area contributed by atoms with Crippen molar-refractivity contribution in [1.82, 2.24) is 4.98 Å². The lowest BCUT2D eigenvalue weighted by molar-refractivity contribution is 0.624. The molecule has 3 heteroatoms. The quantitative estimate of drug-likeness (QED) is 0.791. The Kier molecular flexibility index (Phi) is 2.01. The molecule has 2 nitrogen and oxygen atoms in total. The van der Waals surface area contributed by atoms with Gasteiger partial charge in [-0.3, -0.25) is 4.98 Å². The lowest BCUT2D eigenvalue weighted by atomic mass is 9.98. The summed E-state index contributed by atoms with van der Waals surface area (Å²) in [5, 5.41) is 0. The zero-order valence-electron chi connectivity index (χ0n) is 8.65. The first-order valence-corrected chi connectivity index (χ1v) is 5.26. The molecule has 1 heterocycles. The third-order valence-electron chi connectivity index (χ3n) is 3.09. The Balaban J connectivity index is 2.29. The van der Waals surface area contributed by atoms with Gasteiger partial charge in [0.2, 0.25) is 0 Å². The third-order valence-corrected chi connectivity index (χ3v) is 3.09. The van der Waals surface area contributed by atoms with Gasteiger partial charge in [0.1, 0.15) is 5.82 Å². The van der Waals surface area contributed by atoms with Gasteiger partial charge in [0.25, 0.3) is 0 Å². The fourth-order valence-corrected chi connectivity index (χ4v) is 2.38. The highest BCUT2D eigenvalue weighted by Gasteiger charge is 2.28. The van der Waals surface area contributed by atoms with Gasteiger partial charge in [0.15, 0.2) is 0 Å². The van der Waals surface area contributed by atoms with Crippen LogP contribution in [0.5, 0.6) is 0 Å². The molecule has 3 rings (SSSR count). The van der Waals surface area contributed by atoms with Crippen LogP contribution < -0.4 is 5.73 Å². The maximum atomic E-state index is 13.2. The van der Waals surface area contributed by atoms with Crippen LogP contribution in [0.1, 0.15) is 17.0 Å². The second-order valence-corrected chi connectivity index (χ2v) is 3.96. The fraction of sp³-hybridized carbons (Fsp3) is 0.154. The van der Waals surface area contributed by atoms with Crippen LogP contribution >= 0.6 is 0 Å². The van der Waals surface area contributed by atoms with E-state index in [1.54, 1.807) is 18.3 Å². The van der Waals surface area contributed by atoms with E-state index >= 15 is 0 Å². The Hall–Kier alpha value is -1.74. The average Bonchev–Trinajstić information content (AvgIpc) is 2.61. The molecule has 80 valence electrons. The third kappa shape index (κ3) is 1.18. The van der Waals surface area contributed by atoms with Crippen molar-refractivity contribution in [2.75, 3.05) is 6.54 Å². The highest BCUT2D eigenvalue weighted by molar-refractivity contribution is 5.75. The van der Waals surface area contributed by atoms with Gasteiger partial charge >= 0.3 is 0 Å². The lowest BCUT2D eigenvalue weighted by Crippen LogP contribution is -2.11. The molecular weight excluding hydrogens is 203 g/mol. The molecule has 16 heavy (non-hydrogen) atoms. The Morgan fingerprint density at radius 3 is 2.94 bits per heavy atom. The molecule has 0 bridgehead atoms. The molecule has 1 atom stereocenters. The predicted molar refractivity (Wildman–Crippen MR) is 60.5 cm³/mol. The van der Waals surface area contributed by atoms with Crippen molar-refractivity contribution in [2.24, 2.45) is 5.73 Å². The van der Waals surface area contributed by atoms with Crippen molar-refractivity contribution in [3.63, 3.8) is 0 Å². The number of aromatic nitrogens is 1. The summed E-state index contributed by atoms with van der Waals surface area (Å²) in [6.07, 6.45) is 1.75. The molecule has 0 aliphatic heterocycles. The van der Waals surface area contributed by atoms with Gasteiger partial charge < -0.3 is 5.73 Å². The molecule has 1 aliphatic rings. The van der Waals surface area contributed by atoms with Crippen LogP contribution in [0.15, 0.2) is 36.5 Å². The van der Waals surface area contributed by atoms with E-state index < -0.39 is 0 Å². The lowest BCUT2D eigenvalue weighted by Gasteiger charge is -2.09. The van der Waals surface area contributed by atoms with E-state index in [0.29, 0.717) is 6.54 Å². The van der Waals surface area contributed by atoms with E-state index in [-0.39, 0.29) is 11.7 Å². The highest BCUT2D eigenvalue weighted by Crippen LogP contribution is 2.42. The van der Waals surface area contributed by atoms with E-state index in [1.165, 1.54) is 6.07 Å². The van der Waals surface area contributed by atoms with Gasteiger partial charge in [-0.1, -0.05) is 6.07 Å². The number of hydrogen-bond donors (Lipinski definition) is 1. The van der Waals surface area contributed by atoms with Crippen molar-refractivity contribution < 1.29 is 4.39 Å². The van der Waals surface area contributed by atoms with Gasteiger partial charge in [-0.05, 0) is 35.4 Å². The molecule has 1 aromatic heterocycles. The summed E-state index contributed by atoms with van der Waals surface area (Å²) in [5.74, 6) is -0.139. The molecule has 1 aliphatic carbocycles. The fourth-order valence-electron chi connectivity index (χ4n) is 2.38. The minimum absolute atomic E-state index is 0.0781. The number of hydrogen-bond acceptors (Lipinski definition) is 2. The predicted octanol–water partition coefficient (Wildman–Crippen LogP) is 2.29. The minimum atomic E-state index is -0.218. The summed E-state index contributed by atoms with van der Waals surface area (Å²) in [6.45, 7) is 0.481. The molecule has 0 radical (unpaired) electrons. The number of fused-ring (bicyclic) bond motifs is 3. The van der Waals surface area contributed by atoms with E-state index in [2.05, 4.69) is 4.98 Å². The number of rotatable bonds is 1. The van der Waals surface area contributed by atoms with E-state index in [4.69, 9.17) is 5.73 Å². The second kappa shape index (κ2) is 3.39. The number of halogens is 1. The topological polar surface area (TPSA) is 38.9 Å². The largest absolute Gasteiger partial charge is 0.330 e. The maximum absolute atomic E-state index is 13.2. The van der Waals surface area contributed by atoms with Crippen LogP contribution in [0.3, 0.4) is 0 Å². The molecule has 0 spiro atoms. The Morgan fingerprint density at radius 2 is 2.12 bits per heavy atom. The first kappa shape index (κ1) is 9.48. The SMILES string of the molecule is NCC1c2cc(F)ccc2-c2ncccc21. The average molecular weight is 214 g/mol. The number of nitrogens with two attached hydrogens (primary N) is 1. The molecule has 2 N–H and O–H groups in total. The summed E-state index contributed by atoms with van der Waals surface area (Å²) < 4.78 is 13.2. The van der Waals surface area contributed by atoms with Crippen LogP contribution in [0.25, 0.3) is 11.3 Å². The Labute approximate surface area is 92.9 Å². The smallest absolute Gasteiger partial charge is 0.123 e. The molecule has 1 aromatic carbocycles. The zero-order valence-corrected chi connectivity index (χ0v) is 8.65. The summed E-state index contributed by atoms with van der Waals surface area (Å²) >= 11 is 0. The van der Waals surface area contributed by atoms with Gasteiger partial charge in [0.05, 0.1) is 5.69 Å². The van der Waals surface area contributed by atoms with Crippen molar-refractivity contribution in [3.05, 3.63) is 53.5 Å². The van der Waals surface area contributed by atoms with Crippen molar-refractivity contribution in [1.29, 1.82) is 0 Å². The van der Waals surface area contributed by atoms with Gasteiger partial charge in [-0.2, -0.15) is 0 Å². The number of benzene rings is 1. The van der Waals surface area contributed by atoms with Gasteiger partial charge in [-0.25, -0.2) is 4.39 Å². The molecule has 0 saturated carbocycles. The first-order chi connectivity index (χ1) is 7.81. The van der Waals surface area contributed by atoms with Crippen LogP contribution in [0.2, 0.25) is 0 Å². The second-order valence-electron chi connectivity index (χ2n) is 3.96. The Morgan fingerprint density at radius 1 is 1.25 bits per heavy atom. The van der Waals surface area contributed by atoms with Crippen LogP contribution in [-0.2, 0) is 0 Å². The van der Waals surface area contributed by atoms with Gasteiger partial charge in [-0.15, -0.1) is 0 Å². The highest BCUT2D eigenvalue weighted by atomic mass is 19.1. The van der Waals surface area contributed by atoms with Gasteiger partial charge in [0, 0.05) is 24.2 Å². The summed E-state index contributed by atoms with van der Waals surface area (Å²) in [6, 6.07) is 8.72. The van der Waals surface area contributed by atoms with Crippen LogP contribution in [-0.4, -0.2) is 11.5 Å². The summed E-state index contributed by atoms with van der Waals surface area (Å²) in [7, 11) is 0. The summed E-state index contributed by atoms with van der Waals surface area (Å²) in [5.41, 5.74) is 9.77. The normalized spacial score (nSPS) is 17.0. The maximum Gasteiger partial charge on any atom is 0.123 e. The zero-order chi connectivity index (χ0) is 11.1. The number of pyridine rings is 1. The molecule has 0 amide bonds. The van der Waals surface area contributed by atoms with Crippen molar-refractivity contribution >= 4 is 0 Å².